The molecule has 1 saturated heterocycles. The molecule has 0 bridgehead atoms. The summed E-state index contributed by atoms with van der Waals surface area (Å²) in [7, 11) is 0. The van der Waals surface area contributed by atoms with E-state index < -0.39 is 5.60 Å². The Morgan fingerprint density at radius 3 is 2.77 bits per heavy atom. The number of benzene rings is 1. The molecular formula is C21H26ClN5O3. The number of pyridine rings is 1. The summed E-state index contributed by atoms with van der Waals surface area (Å²) in [5.74, 6) is 0.0456. The number of nitrogens with zero attached hydrogens (tertiary/aromatic N) is 2. The van der Waals surface area contributed by atoms with Crippen molar-refractivity contribution in [3.63, 3.8) is 0 Å². The van der Waals surface area contributed by atoms with Crippen molar-refractivity contribution in [2.24, 2.45) is 0 Å². The molecule has 4 N–H and O–H groups in total. The number of anilines is 2. The first-order valence-electron chi connectivity index (χ1n) is 9.73. The fourth-order valence-corrected chi connectivity index (χ4v) is 3.48. The van der Waals surface area contributed by atoms with Crippen LogP contribution in [0, 0.1) is 0 Å². The lowest BCUT2D eigenvalue weighted by atomic mass is 10.1. The second kappa shape index (κ2) is 9.42. The van der Waals surface area contributed by atoms with Crippen molar-refractivity contribution < 1.29 is 14.7 Å². The number of carbonyl (C=O) groups excluding carboxylic acids is 2. The first kappa shape index (κ1) is 22.0. The minimum Gasteiger partial charge on any atom is -0.389 e. The van der Waals surface area contributed by atoms with Crippen molar-refractivity contribution in [2.45, 2.75) is 31.9 Å². The summed E-state index contributed by atoms with van der Waals surface area (Å²) in [6.07, 6.45) is 2.27. The van der Waals surface area contributed by atoms with Gasteiger partial charge in [-0.1, -0.05) is 17.7 Å². The van der Waals surface area contributed by atoms with Crippen LogP contribution in [0.15, 0.2) is 42.6 Å². The number of amides is 3. The van der Waals surface area contributed by atoms with Gasteiger partial charge in [-0.05, 0) is 50.6 Å². The predicted molar refractivity (Wildman–Crippen MR) is 117 cm³/mol. The molecule has 2 aromatic rings. The Morgan fingerprint density at radius 2 is 2.07 bits per heavy atom. The van der Waals surface area contributed by atoms with Crippen LogP contribution in [0.3, 0.4) is 0 Å². The fraction of sp³-hybridized carbons (Fsp3) is 0.381. The number of hydrogen-bond donors (Lipinski definition) is 4. The van der Waals surface area contributed by atoms with Gasteiger partial charge in [-0.15, -0.1) is 0 Å². The van der Waals surface area contributed by atoms with Gasteiger partial charge in [-0.2, -0.15) is 0 Å². The third-order valence-electron chi connectivity index (χ3n) is 4.57. The number of nitrogens with one attached hydrogen (secondary N) is 3. The summed E-state index contributed by atoms with van der Waals surface area (Å²) in [5, 5.41) is 18.8. The van der Waals surface area contributed by atoms with Crippen LogP contribution in [-0.4, -0.2) is 58.2 Å². The molecule has 1 aromatic heterocycles. The molecule has 1 aliphatic rings. The lowest BCUT2D eigenvalue weighted by Gasteiger charge is -2.25. The number of halogens is 1. The molecule has 9 heteroatoms. The molecule has 1 aromatic carbocycles. The van der Waals surface area contributed by atoms with Crippen LogP contribution in [0.5, 0.6) is 0 Å². The average molecular weight is 432 g/mol. The van der Waals surface area contributed by atoms with E-state index in [2.05, 4.69) is 25.8 Å². The van der Waals surface area contributed by atoms with E-state index in [1.807, 2.05) is 0 Å². The summed E-state index contributed by atoms with van der Waals surface area (Å²) < 4.78 is 0. The SMILES string of the molecule is CC(C)(O)CN1CC[C@@H](NC(=O)Nc2cccc(C(=O)Nc3ccc(Cl)cn3)c2)C1. The fourth-order valence-electron chi connectivity index (χ4n) is 3.37. The van der Waals surface area contributed by atoms with Gasteiger partial charge in [0.15, 0.2) is 0 Å². The van der Waals surface area contributed by atoms with Crippen molar-refractivity contribution in [2.75, 3.05) is 30.3 Å². The zero-order valence-corrected chi connectivity index (χ0v) is 17.7. The van der Waals surface area contributed by atoms with Crippen molar-refractivity contribution in [1.29, 1.82) is 0 Å². The first-order valence-corrected chi connectivity index (χ1v) is 10.1. The molecule has 160 valence electrons. The van der Waals surface area contributed by atoms with E-state index in [4.69, 9.17) is 11.6 Å². The summed E-state index contributed by atoms with van der Waals surface area (Å²) >= 11 is 5.80. The van der Waals surface area contributed by atoms with Crippen LogP contribution in [0.4, 0.5) is 16.3 Å². The van der Waals surface area contributed by atoms with Crippen molar-refractivity contribution in [3.8, 4) is 0 Å². The van der Waals surface area contributed by atoms with Gasteiger partial charge in [-0.25, -0.2) is 9.78 Å². The minimum atomic E-state index is -0.764. The average Bonchev–Trinajstić information content (AvgIpc) is 3.08. The highest BCUT2D eigenvalue weighted by Crippen LogP contribution is 2.16. The number of likely N-dealkylation sites (tertiary alicyclic amines) is 1. The summed E-state index contributed by atoms with van der Waals surface area (Å²) in [6.45, 7) is 5.61. The quantitative estimate of drug-likeness (QED) is 0.562. The van der Waals surface area contributed by atoms with Gasteiger partial charge < -0.3 is 21.1 Å². The van der Waals surface area contributed by atoms with Gasteiger partial charge in [0, 0.05) is 43.1 Å². The lowest BCUT2D eigenvalue weighted by Crippen LogP contribution is -2.42. The van der Waals surface area contributed by atoms with Crippen LogP contribution in [0.1, 0.15) is 30.6 Å². The largest absolute Gasteiger partial charge is 0.389 e. The second-order valence-electron chi connectivity index (χ2n) is 8.03. The number of β-amino-alcohol motifs (C(OH)–C–C–N with tert-alkyl or cyclic N) is 1. The molecule has 0 spiro atoms. The Labute approximate surface area is 180 Å². The molecule has 2 heterocycles. The summed E-state index contributed by atoms with van der Waals surface area (Å²) in [6, 6.07) is 9.58. The number of hydrogen-bond acceptors (Lipinski definition) is 5. The molecule has 8 nitrogen and oxygen atoms in total. The van der Waals surface area contributed by atoms with E-state index >= 15 is 0 Å². The van der Waals surface area contributed by atoms with E-state index in [0.717, 1.165) is 13.0 Å². The van der Waals surface area contributed by atoms with Gasteiger partial charge in [0.1, 0.15) is 5.82 Å². The van der Waals surface area contributed by atoms with E-state index in [1.165, 1.54) is 6.20 Å². The molecule has 0 radical (unpaired) electrons. The van der Waals surface area contributed by atoms with Crippen LogP contribution < -0.4 is 16.0 Å². The lowest BCUT2D eigenvalue weighted by molar-refractivity contribution is 0.0434. The maximum atomic E-state index is 12.4. The third-order valence-corrected chi connectivity index (χ3v) is 4.79. The summed E-state index contributed by atoms with van der Waals surface area (Å²) in [5.41, 5.74) is 0.136. The topological polar surface area (TPSA) is 107 Å². The van der Waals surface area contributed by atoms with Gasteiger partial charge in [0.05, 0.1) is 10.6 Å². The Hall–Kier alpha value is -2.68. The third kappa shape index (κ3) is 6.69. The summed E-state index contributed by atoms with van der Waals surface area (Å²) in [4.78, 5) is 30.9. The predicted octanol–water partition coefficient (Wildman–Crippen LogP) is 2.95. The molecule has 0 saturated carbocycles. The second-order valence-corrected chi connectivity index (χ2v) is 8.46. The maximum absolute atomic E-state index is 12.4. The van der Waals surface area contributed by atoms with Crippen molar-refractivity contribution in [1.82, 2.24) is 15.2 Å². The van der Waals surface area contributed by atoms with Gasteiger partial charge >= 0.3 is 6.03 Å². The standard InChI is InChI=1S/C21H26ClN5O3/c1-21(2,30)13-27-9-8-17(12-27)25-20(29)24-16-5-3-4-14(10-16)19(28)26-18-7-6-15(22)11-23-18/h3-7,10-11,17,30H,8-9,12-13H2,1-2H3,(H,23,26,28)(H2,24,25,29)/t17-/m1/s1. The van der Waals surface area contributed by atoms with Gasteiger partial charge in [0.25, 0.3) is 5.91 Å². The molecule has 1 atom stereocenters. The zero-order chi connectivity index (χ0) is 21.7. The highest BCUT2D eigenvalue weighted by Gasteiger charge is 2.27. The van der Waals surface area contributed by atoms with E-state index in [9.17, 15) is 14.7 Å². The Kier molecular flexibility index (Phi) is 6.91. The normalized spacial score (nSPS) is 16.9. The Bertz CT molecular complexity index is 898. The molecule has 30 heavy (non-hydrogen) atoms. The number of urea groups is 1. The highest BCUT2D eigenvalue weighted by molar-refractivity contribution is 6.30. The maximum Gasteiger partial charge on any atom is 0.319 e. The number of aromatic nitrogens is 1. The van der Waals surface area contributed by atoms with Crippen LogP contribution in [-0.2, 0) is 0 Å². The van der Waals surface area contributed by atoms with Crippen LogP contribution >= 0.6 is 11.6 Å². The van der Waals surface area contributed by atoms with Crippen molar-refractivity contribution >= 4 is 35.0 Å². The van der Waals surface area contributed by atoms with Gasteiger partial charge in [-0.3, -0.25) is 9.69 Å². The molecule has 1 aliphatic heterocycles. The number of carbonyl (C=O) groups is 2. The van der Waals surface area contributed by atoms with Crippen molar-refractivity contribution in [3.05, 3.63) is 53.2 Å². The monoisotopic (exact) mass is 431 g/mol. The number of aliphatic hydroxyl groups is 1. The molecule has 0 unspecified atom stereocenters. The zero-order valence-electron chi connectivity index (χ0n) is 17.0. The first-order chi connectivity index (χ1) is 14.2. The molecule has 1 fully saturated rings. The van der Waals surface area contributed by atoms with E-state index in [1.54, 1.807) is 50.2 Å². The van der Waals surface area contributed by atoms with Gasteiger partial charge in [0.2, 0.25) is 0 Å². The highest BCUT2D eigenvalue weighted by atomic mass is 35.5. The van der Waals surface area contributed by atoms with Crippen LogP contribution in [0.2, 0.25) is 5.02 Å². The van der Waals surface area contributed by atoms with E-state index in [-0.39, 0.29) is 18.0 Å². The number of rotatable bonds is 6. The molecule has 0 aliphatic carbocycles. The Balaban J connectivity index is 1.53. The molecular weight excluding hydrogens is 406 g/mol. The Morgan fingerprint density at radius 1 is 1.27 bits per heavy atom. The molecule has 3 amide bonds. The molecule has 3 rings (SSSR count). The van der Waals surface area contributed by atoms with E-state index in [0.29, 0.717) is 35.2 Å². The smallest absolute Gasteiger partial charge is 0.319 e. The van der Waals surface area contributed by atoms with Crippen LogP contribution in [0.25, 0.3) is 0 Å². The minimum absolute atomic E-state index is 0.00908.